The molecule has 186 valence electrons. The van der Waals surface area contributed by atoms with Gasteiger partial charge in [0.05, 0.1) is 13.7 Å². The molecule has 3 rings (SSSR count). The predicted molar refractivity (Wildman–Crippen MR) is 125 cm³/mol. The van der Waals surface area contributed by atoms with E-state index in [1.165, 1.54) is 25.3 Å². The molecule has 0 spiro atoms. The number of rotatable bonds is 9. The number of furan rings is 1. The standard InChI is InChI=1S/C24H32N2O7S/c1-17-8-7-9-20(16-17)32-15-6-5-10-21(27)25-11-13-26(14-12-25)34(29,30)23-19(3)33-18(2)22(23)24(28)31-4/h7-9,16H,5-6,10-15H2,1-4H3. The zero-order valence-electron chi connectivity index (χ0n) is 20.1. The summed E-state index contributed by atoms with van der Waals surface area (Å²) in [6, 6.07) is 7.83. The highest BCUT2D eigenvalue weighted by molar-refractivity contribution is 7.89. The van der Waals surface area contributed by atoms with E-state index in [2.05, 4.69) is 0 Å². The van der Waals surface area contributed by atoms with Crippen molar-refractivity contribution in [1.29, 1.82) is 0 Å². The van der Waals surface area contributed by atoms with Crippen LogP contribution in [0.1, 0.15) is 46.7 Å². The molecular weight excluding hydrogens is 460 g/mol. The first-order valence-corrected chi connectivity index (χ1v) is 12.7. The molecule has 1 aliphatic heterocycles. The Morgan fingerprint density at radius 3 is 2.38 bits per heavy atom. The van der Waals surface area contributed by atoms with E-state index in [1.807, 2.05) is 31.2 Å². The van der Waals surface area contributed by atoms with E-state index in [0.717, 1.165) is 17.7 Å². The maximum atomic E-state index is 13.3. The number of nitrogens with zero attached hydrogens (tertiary/aromatic N) is 2. The largest absolute Gasteiger partial charge is 0.494 e. The van der Waals surface area contributed by atoms with Gasteiger partial charge in [-0.15, -0.1) is 0 Å². The first-order chi connectivity index (χ1) is 16.1. The number of methoxy groups -OCH3 is 1. The van der Waals surface area contributed by atoms with Crippen LogP contribution in [0.2, 0.25) is 0 Å². The van der Waals surface area contributed by atoms with Gasteiger partial charge in [0.15, 0.2) is 0 Å². The van der Waals surface area contributed by atoms with E-state index in [-0.39, 0.29) is 41.0 Å². The van der Waals surface area contributed by atoms with Gasteiger partial charge in [0.2, 0.25) is 15.9 Å². The topological polar surface area (TPSA) is 106 Å². The SMILES string of the molecule is COC(=O)c1c(C)oc(C)c1S(=O)(=O)N1CCN(C(=O)CCCCOc2cccc(C)c2)CC1. The van der Waals surface area contributed by atoms with Gasteiger partial charge in [-0.2, -0.15) is 4.31 Å². The maximum absolute atomic E-state index is 13.3. The molecule has 1 saturated heterocycles. The van der Waals surface area contributed by atoms with E-state index >= 15 is 0 Å². The van der Waals surface area contributed by atoms with Crippen LogP contribution in [0, 0.1) is 20.8 Å². The Hall–Kier alpha value is -2.85. The fourth-order valence-electron chi connectivity index (χ4n) is 4.05. The van der Waals surface area contributed by atoms with Crippen molar-refractivity contribution in [2.75, 3.05) is 39.9 Å². The van der Waals surface area contributed by atoms with Crippen LogP contribution in [0.15, 0.2) is 33.6 Å². The number of benzene rings is 1. The Kier molecular flexibility index (Phi) is 8.37. The molecule has 1 amide bonds. The summed E-state index contributed by atoms with van der Waals surface area (Å²) in [5.74, 6) is 0.403. The lowest BCUT2D eigenvalue weighted by molar-refractivity contribution is -0.132. The quantitative estimate of drug-likeness (QED) is 0.391. The number of ether oxygens (including phenoxy) is 2. The first-order valence-electron chi connectivity index (χ1n) is 11.3. The average molecular weight is 493 g/mol. The molecule has 10 heteroatoms. The minimum Gasteiger partial charge on any atom is -0.494 e. The van der Waals surface area contributed by atoms with Gasteiger partial charge >= 0.3 is 5.97 Å². The molecule has 0 bridgehead atoms. The molecule has 0 atom stereocenters. The van der Waals surface area contributed by atoms with E-state index in [9.17, 15) is 18.0 Å². The second kappa shape index (κ2) is 11.1. The molecule has 1 aliphatic rings. The molecule has 1 aromatic carbocycles. The Morgan fingerprint density at radius 2 is 1.74 bits per heavy atom. The monoisotopic (exact) mass is 492 g/mol. The van der Waals surface area contributed by atoms with Gasteiger partial charge in [-0.25, -0.2) is 13.2 Å². The fourth-order valence-corrected chi connectivity index (χ4v) is 5.84. The molecule has 0 unspecified atom stereocenters. The van der Waals surface area contributed by atoms with E-state index in [0.29, 0.717) is 32.5 Å². The number of unbranched alkanes of at least 4 members (excludes halogenated alkanes) is 1. The number of hydrogen-bond acceptors (Lipinski definition) is 7. The van der Waals surface area contributed by atoms with Crippen molar-refractivity contribution in [1.82, 2.24) is 9.21 Å². The molecule has 1 fully saturated rings. The number of amides is 1. The van der Waals surface area contributed by atoms with Crippen LogP contribution in [-0.2, 0) is 19.6 Å². The van der Waals surface area contributed by atoms with Crippen molar-refractivity contribution >= 4 is 21.9 Å². The second-order valence-electron chi connectivity index (χ2n) is 8.32. The summed E-state index contributed by atoms with van der Waals surface area (Å²) in [6.07, 6.45) is 1.83. The molecule has 34 heavy (non-hydrogen) atoms. The Morgan fingerprint density at radius 1 is 1.03 bits per heavy atom. The van der Waals surface area contributed by atoms with Gasteiger partial charge in [-0.05, 0) is 51.3 Å². The fraction of sp³-hybridized carbons (Fsp3) is 0.500. The molecule has 0 aliphatic carbocycles. The number of hydrogen-bond donors (Lipinski definition) is 0. The van der Waals surface area contributed by atoms with Crippen molar-refractivity contribution in [2.45, 2.75) is 44.9 Å². The highest BCUT2D eigenvalue weighted by Gasteiger charge is 2.37. The molecule has 9 nitrogen and oxygen atoms in total. The Labute approximate surface area is 200 Å². The summed E-state index contributed by atoms with van der Waals surface area (Å²) < 4.78 is 43.7. The summed E-state index contributed by atoms with van der Waals surface area (Å²) in [4.78, 5) is 26.3. The van der Waals surface area contributed by atoms with Crippen LogP contribution in [0.4, 0.5) is 0 Å². The number of carbonyl (C=O) groups is 2. The van der Waals surface area contributed by atoms with Crippen LogP contribution in [0.5, 0.6) is 5.75 Å². The van der Waals surface area contributed by atoms with Gasteiger partial charge in [0, 0.05) is 32.6 Å². The first kappa shape index (κ1) is 25.8. The third-order valence-electron chi connectivity index (χ3n) is 5.83. The minimum absolute atomic E-state index is 0.00168. The highest BCUT2D eigenvalue weighted by Crippen LogP contribution is 2.30. The Bertz CT molecular complexity index is 1130. The molecule has 0 radical (unpaired) electrons. The van der Waals surface area contributed by atoms with Gasteiger partial charge in [-0.1, -0.05) is 12.1 Å². The minimum atomic E-state index is -3.98. The van der Waals surface area contributed by atoms with Crippen molar-refractivity contribution < 1.29 is 31.9 Å². The summed E-state index contributed by atoms with van der Waals surface area (Å²) in [5.41, 5.74) is 1.06. The average Bonchev–Trinajstić information content (AvgIpc) is 3.12. The van der Waals surface area contributed by atoms with Crippen molar-refractivity contribution in [3.05, 3.63) is 46.9 Å². The van der Waals surface area contributed by atoms with Crippen molar-refractivity contribution in [3.8, 4) is 5.75 Å². The summed E-state index contributed by atoms with van der Waals surface area (Å²) in [5, 5.41) is 0. The van der Waals surface area contributed by atoms with Gasteiger partial charge in [0.25, 0.3) is 0 Å². The maximum Gasteiger partial charge on any atom is 0.342 e. The number of carbonyl (C=O) groups excluding carboxylic acids is 2. The molecule has 1 aromatic heterocycles. The third kappa shape index (κ3) is 5.79. The Balaban J connectivity index is 1.50. The normalized spacial score (nSPS) is 14.8. The predicted octanol–water partition coefficient (Wildman–Crippen LogP) is 3.07. The van der Waals surface area contributed by atoms with E-state index < -0.39 is 16.0 Å². The molecule has 0 saturated carbocycles. The lowest BCUT2D eigenvalue weighted by Crippen LogP contribution is -2.50. The zero-order chi connectivity index (χ0) is 24.9. The number of sulfonamides is 1. The molecule has 2 aromatic rings. The molecular formula is C24H32N2O7S. The third-order valence-corrected chi connectivity index (χ3v) is 7.88. The number of aryl methyl sites for hydroxylation is 3. The molecule has 0 N–H and O–H groups in total. The summed E-state index contributed by atoms with van der Waals surface area (Å²) in [7, 11) is -2.78. The highest BCUT2D eigenvalue weighted by atomic mass is 32.2. The molecule has 2 heterocycles. The van der Waals surface area contributed by atoms with Crippen molar-refractivity contribution in [3.63, 3.8) is 0 Å². The number of esters is 1. The van der Waals surface area contributed by atoms with E-state index in [1.54, 1.807) is 4.90 Å². The lowest BCUT2D eigenvalue weighted by atomic mass is 10.2. The lowest BCUT2D eigenvalue weighted by Gasteiger charge is -2.34. The zero-order valence-corrected chi connectivity index (χ0v) is 20.9. The number of piperazine rings is 1. The van der Waals surface area contributed by atoms with Crippen LogP contribution >= 0.6 is 0 Å². The van der Waals surface area contributed by atoms with Gasteiger partial charge in [-0.3, -0.25) is 4.79 Å². The summed E-state index contributed by atoms with van der Waals surface area (Å²) >= 11 is 0. The van der Waals surface area contributed by atoms with Crippen LogP contribution < -0.4 is 4.74 Å². The summed E-state index contributed by atoms with van der Waals surface area (Å²) in [6.45, 7) is 6.46. The van der Waals surface area contributed by atoms with Crippen molar-refractivity contribution in [2.24, 2.45) is 0 Å². The second-order valence-corrected chi connectivity index (χ2v) is 10.2. The van der Waals surface area contributed by atoms with E-state index in [4.69, 9.17) is 13.9 Å². The van der Waals surface area contributed by atoms with Crippen LogP contribution in [0.3, 0.4) is 0 Å². The van der Waals surface area contributed by atoms with Gasteiger partial charge in [0.1, 0.15) is 27.7 Å². The van der Waals surface area contributed by atoms with Crippen LogP contribution in [-0.4, -0.2) is 69.4 Å². The smallest absolute Gasteiger partial charge is 0.342 e. The van der Waals surface area contributed by atoms with Gasteiger partial charge < -0.3 is 18.8 Å². The van der Waals surface area contributed by atoms with Crippen LogP contribution in [0.25, 0.3) is 0 Å².